The Bertz CT molecular complexity index is 466. The molecule has 0 radical (unpaired) electrons. The van der Waals surface area contributed by atoms with Crippen molar-refractivity contribution in [2.45, 2.75) is 4.90 Å². The molecule has 0 atom stereocenters. The molecule has 0 saturated carbocycles. The number of nitrogens with one attached hydrogen (secondary N) is 2. The molecule has 2 rings (SSSR count). The molecule has 1 aromatic carbocycles. The minimum absolute atomic E-state index is 0. The molecule has 1 fully saturated rings. The van der Waals surface area contributed by atoms with Crippen molar-refractivity contribution >= 4 is 35.8 Å². The number of halogens is 1. The zero-order chi connectivity index (χ0) is 13.7. The minimum atomic E-state index is -0.437. The van der Waals surface area contributed by atoms with Gasteiger partial charge in [-0.2, -0.15) is 0 Å². The SMILES string of the molecule is Cl.O=C(CSc1ccc([N+](=O)[O-])cc1)NCC1CNC1. The number of nitrogens with zero attached hydrogens (tertiary/aromatic N) is 1. The van der Waals surface area contributed by atoms with Gasteiger partial charge in [0.05, 0.1) is 10.7 Å². The van der Waals surface area contributed by atoms with Crippen LogP contribution in [0.25, 0.3) is 0 Å². The lowest BCUT2D eigenvalue weighted by Gasteiger charge is -2.27. The molecule has 110 valence electrons. The van der Waals surface area contributed by atoms with Gasteiger partial charge in [0.15, 0.2) is 0 Å². The van der Waals surface area contributed by atoms with Crippen LogP contribution in [0, 0.1) is 16.0 Å². The van der Waals surface area contributed by atoms with Gasteiger partial charge in [-0.25, -0.2) is 0 Å². The Morgan fingerprint density at radius 2 is 2.05 bits per heavy atom. The van der Waals surface area contributed by atoms with Crippen molar-refractivity contribution in [1.82, 2.24) is 10.6 Å². The lowest BCUT2D eigenvalue weighted by atomic mass is 10.0. The molecular formula is C12H16ClN3O3S. The Hall–Kier alpha value is -1.31. The maximum atomic E-state index is 11.6. The third kappa shape index (κ3) is 4.99. The fourth-order valence-corrected chi connectivity index (χ4v) is 2.34. The quantitative estimate of drug-likeness (QED) is 0.471. The van der Waals surface area contributed by atoms with E-state index in [4.69, 9.17) is 0 Å². The largest absolute Gasteiger partial charge is 0.355 e. The predicted molar refractivity (Wildman–Crippen MR) is 80.4 cm³/mol. The molecular weight excluding hydrogens is 302 g/mol. The summed E-state index contributed by atoms with van der Waals surface area (Å²) in [6.45, 7) is 2.65. The molecule has 0 spiro atoms. The van der Waals surface area contributed by atoms with Crippen LogP contribution in [0.4, 0.5) is 5.69 Å². The molecule has 0 aliphatic carbocycles. The number of rotatable bonds is 6. The van der Waals surface area contributed by atoms with Crippen LogP contribution in [0.1, 0.15) is 0 Å². The van der Waals surface area contributed by atoms with E-state index in [1.165, 1.54) is 23.9 Å². The highest BCUT2D eigenvalue weighted by molar-refractivity contribution is 8.00. The lowest BCUT2D eigenvalue weighted by Crippen LogP contribution is -2.48. The van der Waals surface area contributed by atoms with Gasteiger partial charge in [-0.15, -0.1) is 24.2 Å². The van der Waals surface area contributed by atoms with E-state index < -0.39 is 4.92 Å². The first-order valence-corrected chi connectivity index (χ1v) is 6.98. The van der Waals surface area contributed by atoms with Gasteiger partial charge in [0.25, 0.3) is 5.69 Å². The van der Waals surface area contributed by atoms with Gasteiger partial charge in [-0.1, -0.05) is 0 Å². The van der Waals surface area contributed by atoms with Crippen molar-refractivity contribution in [2.24, 2.45) is 5.92 Å². The second kappa shape index (κ2) is 8.08. The highest BCUT2D eigenvalue weighted by Crippen LogP contribution is 2.21. The van der Waals surface area contributed by atoms with Crippen LogP contribution in [0.5, 0.6) is 0 Å². The van der Waals surface area contributed by atoms with Crippen LogP contribution >= 0.6 is 24.2 Å². The summed E-state index contributed by atoms with van der Waals surface area (Å²) >= 11 is 1.38. The summed E-state index contributed by atoms with van der Waals surface area (Å²) in [5.74, 6) is 0.876. The van der Waals surface area contributed by atoms with Crippen LogP contribution in [-0.4, -0.2) is 36.2 Å². The van der Waals surface area contributed by atoms with Gasteiger partial charge in [-0.3, -0.25) is 14.9 Å². The number of carbonyl (C=O) groups excluding carboxylic acids is 1. The van der Waals surface area contributed by atoms with E-state index in [-0.39, 0.29) is 24.0 Å². The van der Waals surface area contributed by atoms with Crippen LogP contribution < -0.4 is 10.6 Å². The van der Waals surface area contributed by atoms with E-state index in [1.54, 1.807) is 12.1 Å². The Balaban J connectivity index is 0.00000200. The van der Waals surface area contributed by atoms with E-state index in [0.29, 0.717) is 18.2 Å². The van der Waals surface area contributed by atoms with Crippen LogP contribution in [0.2, 0.25) is 0 Å². The maximum Gasteiger partial charge on any atom is 0.269 e. The summed E-state index contributed by atoms with van der Waals surface area (Å²) in [5, 5.41) is 16.5. The zero-order valence-electron chi connectivity index (χ0n) is 10.7. The fourth-order valence-electron chi connectivity index (χ4n) is 1.61. The summed E-state index contributed by atoms with van der Waals surface area (Å²) in [6, 6.07) is 6.21. The number of amides is 1. The van der Waals surface area contributed by atoms with Gasteiger partial charge in [0.1, 0.15) is 0 Å². The summed E-state index contributed by atoms with van der Waals surface area (Å²) in [6.07, 6.45) is 0. The number of nitro benzene ring substituents is 1. The molecule has 1 saturated heterocycles. The summed E-state index contributed by atoms with van der Waals surface area (Å²) in [5.41, 5.74) is 0.0614. The van der Waals surface area contributed by atoms with E-state index in [2.05, 4.69) is 10.6 Å². The Morgan fingerprint density at radius 3 is 2.55 bits per heavy atom. The molecule has 8 heteroatoms. The molecule has 0 unspecified atom stereocenters. The topological polar surface area (TPSA) is 84.3 Å². The summed E-state index contributed by atoms with van der Waals surface area (Å²) < 4.78 is 0. The molecule has 6 nitrogen and oxygen atoms in total. The third-order valence-corrected chi connectivity index (χ3v) is 3.88. The minimum Gasteiger partial charge on any atom is -0.355 e. The number of non-ortho nitro benzene ring substituents is 1. The van der Waals surface area contributed by atoms with E-state index >= 15 is 0 Å². The van der Waals surface area contributed by atoms with Crippen LogP contribution in [0.3, 0.4) is 0 Å². The molecule has 1 aliphatic rings. The Labute approximate surface area is 127 Å². The van der Waals surface area contributed by atoms with Gasteiger partial charge >= 0.3 is 0 Å². The molecule has 0 aromatic heterocycles. The normalized spacial score (nSPS) is 14.0. The smallest absolute Gasteiger partial charge is 0.269 e. The van der Waals surface area contributed by atoms with E-state index in [0.717, 1.165) is 18.0 Å². The average molecular weight is 318 g/mol. The molecule has 2 N–H and O–H groups in total. The highest BCUT2D eigenvalue weighted by Gasteiger charge is 2.17. The number of hydrogen-bond acceptors (Lipinski definition) is 5. The first-order chi connectivity index (χ1) is 9.15. The fraction of sp³-hybridized carbons (Fsp3) is 0.417. The van der Waals surface area contributed by atoms with Gasteiger partial charge in [-0.05, 0) is 12.1 Å². The molecule has 20 heavy (non-hydrogen) atoms. The Morgan fingerprint density at radius 1 is 1.40 bits per heavy atom. The first-order valence-electron chi connectivity index (χ1n) is 6.00. The number of thioether (sulfide) groups is 1. The standard InChI is InChI=1S/C12H15N3O3S.ClH/c16-12(14-7-9-5-13-6-9)8-19-11-3-1-10(2-4-11)15(17)18;/h1-4,9,13H,5-8H2,(H,14,16);1H. The number of hydrogen-bond donors (Lipinski definition) is 2. The lowest BCUT2D eigenvalue weighted by molar-refractivity contribution is -0.384. The van der Waals surface area contributed by atoms with E-state index in [9.17, 15) is 14.9 Å². The molecule has 1 aromatic rings. The second-order valence-corrected chi connectivity index (χ2v) is 5.42. The second-order valence-electron chi connectivity index (χ2n) is 4.37. The van der Waals surface area contributed by atoms with Gasteiger partial charge < -0.3 is 10.6 Å². The van der Waals surface area contributed by atoms with E-state index in [1.807, 2.05) is 0 Å². The number of nitro groups is 1. The van der Waals surface area contributed by atoms with Crippen molar-refractivity contribution in [3.8, 4) is 0 Å². The monoisotopic (exact) mass is 317 g/mol. The first kappa shape index (κ1) is 16.7. The predicted octanol–water partition coefficient (Wildman–Crippen LogP) is 1.44. The Kier molecular flexibility index (Phi) is 6.77. The van der Waals surface area contributed by atoms with Crippen molar-refractivity contribution in [1.29, 1.82) is 0 Å². The van der Waals surface area contributed by atoms with Crippen molar-refractivity contribution in [2.75, 3.05) is 25.4 Å². The van der Waals surface area contributed by atoms with Gasteiger partial charge in [0, 0.05) is 42.6 Å². The molecule has 1 heterocycles. The third-order valence-electron chi connectivity index (χ3n) is 2.87. The zero-order valence-corrected chi connectivity index (χ0v) is 12.3. The molecule has 1 aliphatic heterocycles. The average Bonchev–Trinajstić information content (AvgIpc) is 2.35. The maximum absolute atomic E-state index is 11.6. The van der Waals surface area contributed by atoms with Crippen LogP contribution in [0.15, 0.2) is 29.2 Å². The molecule has 0 bridgehead atoms. The summed E-state index contributed by atoms with van der Waals surface area (Å²) in [4.78, 5) is 22.5. The molecule has 1 amide bonds. The van der Waals surface area contributed by atoms with Crippen molar-refractivity contribution in [3.05, 3.63) is 34.4 Å². The van der Waals surface area contributed by atoms with Crippen molar-refractivity contribution in [3.63, 3.8) is 0 Å². The highest BCUT2D eigenvalue weighted by atomic mass is 35.5. The number of carbonyl (C=O) groups is 1. The van der Waals surface area contributed by atoms with Crippen molar-refractivity contribution < 1.29 is 9.72 Å². The summed E-state index contributed by atoms with van der Waals surface area (Å²) in [7, 11) is 0. The van der Waals surface area contributed by atoms with Gasteiger partial charge in [0.2, 0.25) is 5.91 Å². The van der Waals surface area contributed by atoms with Crippen LogP contribution in [-0.2, 0) is 4.79 Å². The number of benzene rings is 1.